The number of nitrogens with two attached hydrogens (primary N) is 1. The molecule has 0 heterocycles. The van der Waals surface area contributed by atoms with Gasteiger partial charge in [-0.3, -0.25) is 0 Å². The van der Waals surface area contributed by atoms with E-state index in [1.807, 2.05) is 0 Å². The Morgan fingerprint density at radius 2 is 1.24 bits per heavy atom. The molecular weight excluding hydrogens is 346 g/mol. The number of halogens is 2. The van der Waals surface area contributed by atoms with Crippen molar-refractivity contribution < 1.29 is 0 Å². The average Bonchev–Trinajstić information content (AvgIpc) is 2.38. The molecule has 0 spiro atoms. The maximum Gasteiger partial charge on any atom is 0.0223 e. The summed E-state index contributed by atoms with van der Waals surface area (Å²) < 4.78 is 0. The van der Waals surface area contributed by atoms with Crippen molar-refractivity contribution in [2.75, 3.05) is 5.88 Å². The fourth-order valence-corrected chi connectivity index (χ4v) is 3.09. The second-order valence-electron chi connectivity index (χ2n) is 6.97. The molecule has 0 radical (unpaired) electrons. The van der Waals surface area contributed by atoms with Crippen molar-refractivity contribution in [2.45, 2.75) is 103 Å². The quantitative estimate of drug-likeness (QED) is 0.257. The lowest BCUT2D eigenvalue weighted by Crippen LogP contribution is -2.40. The second-order valence-corrected chi connectivity index (χ2v) is 7.34. The summed E-state index contributed by atoms with van der Waals surface area (Å²) in [6.07, 6.45) is 16.0. The second kappa shape index (κ2) is 15.6. The number of hydrogen-bond donors (Lipinski definition) is 1. The molecule has 0 saturated heterocycles. The molecular formula is C18H39BrClN. The van der Waals surface area contributed by atoms with Crippen molar-refractivity contribution in [1.82, 2.24) is 0 Å². The highest BCUT2D eigenvalue weighted by Crippen LogP contribution is 2.26. The zero-order chi connectivity index (χ0) is 15.3. The first-order valence-corrected chi connectivity index (χ1v) is 9.40. The summed E-state index contributed by atoms with van der Waals surface area (Å²) in [6, 6.07) is 0. The van der Waals surface area contributed by atoms with E-state index in [-0.39, 0.29) is 22.5 Å². The third kappa shape index (κ3) is 15.4. The van der Waals surface area contributed by atoms with E-state index in [4.69, 9.17) is 17.3 Å². The fraction of sp³-hybridized carbons (Fsp3) is 1.00. The molecule has 0 aliphatic rings. The summed E-state index contributed by atoms with van der Waals surface area (Å²) in [7, 11) is 0. The predicted molar refractivity (Wildman–Crippen MR) is 104 cm³/mol. The highest BCUT2D eigenvalue weighted by atomic mass is 79.9. The number of rotatable bonds is 14. The number of unbranched alkanes of at least 4 members (excludes halogenated alkanes) is 8. The first kappa shape index (κ1) is 24.0. The van der Waals surface area contributed by atoms with Crippen LogP contribution in [0.25, 0.3) is 0 Å². The lowest BCUT2D eigenvalue weighted by atomic mass is 9.81. The van der Waals surface area contributed by atoms with Crippen LogP contribution in [0, 0.1) is 5.92 Å². The maximum absolute atomic E-state index is 6.32. The van der Waals surface area contributed by atoms with Crippen LogP contribution < -0.4 is 5.73 Å². The van der Waals surface area contributed by atoms with E-state index in [0.29, 0.717) is 5.92 Å². The normalized spacial score (nSPS) is 13.0. The molecule has 0 fully saturated rings. The van der Waals surface area contributed by atoms with Crippen LogP contribution in [0.1, 0.15) is 97.8 Å². The van der Waals surface area contributed by atoms with Crippen LogP contribution in [-0.4, -0.2) is 11.4 Å². The molecule has 0 amide bonds. The van der Waals surface area contributed by atoms with E-state index < -0.39 is 0 Å². The highest BCUT2D eigenvalue weighted by molar-refractivity contribution is 8.93. The van der Waals surface area contributed by atoms with Crippen LogP contribution in [0.3, 0.4) is 0 Å². The van der Waals surface area contributed by atoms with Crippen molar-refractivity contribution in [1.29, 1.82) is 0 Å². The van der Waals surface area contributed by atoms with E-state index in [9.17, 15) is 0 Å². The standard InChI is InChI=1S/C18H38ClN.BrH/c1-4-5-6-7-8-9-10-11-14-17(18(2,3)20)15-12-13-16-19;/h17H,4-16,20H2,1-3H3;1H. The molecule has 0 aromatic rings. The largest absolute Gasteiger partial charge is 0.325 e. The molecule has 1 atom stereocenters. The SMILES string of the molecule is Br.CCCCCCCCCCC(CCCCCl)C(C)(C)N. The zero-order valence-electron chi connectivity index (χ0n) is 14.6. The molecule has 0 saturated carbocycles. The summed E-state index contributed by atoms with van der Waals surface area (Å²) >= 11 is 5.77. The summed E-state index contributed by atoms with van der Waals surface area (Å²) in [4.78, 5) is 0. The topological polar surface area (TPSA) is 26.0 Å². The molecule has 0 aliphatic heterocycles. The Labute approximate surface area is 149 Å². The molecule has 1 unspecified atom stereocenters. The van der Waals surface area contributed by atoms with E-state index in [1.165, 1.54) is 70.6 Å². The third-order valence-corrected chi connectivity index (χ3v) is 4.66. The van der Waals surface area contributed by atoms with Crippen LogP contribution in [0.2, 0.25) is 0 Å². The first-order valence-electron chi connectivity index (χ1n) is 8.87. The third-order valence-electron chi connectivity index (χ3n) is 4.39. The van der Waals surface area contributed by atoms with Crippen molar-refractivity contribution in [3.8, 4) is 0 Å². The Bertz CT molecular complexity index is 204. The summed E-state index contributed by atoms with van der Waals surface area (Å²) in [6.45, 7) is 6.64. The van der Waals surface area contributed by atoms with Crippen LogP contribution in [-0.2, 0) is 0 Å². The minimum absolute atomic E-state index is 0. The van der Waals surface area contributed by atoms with Gasteiger partial charge >= 0.3 is 0 Å². The molecule has 1 nitrogen and oxygen atoms in total. The Kier molecular flexibility index (Phi) is 17.8. The molecule has 0 aromatic heterocycles. The molecule has 130 valence electrons. The maximum atomic E-state index is 6.32. The van der Waals surface area contributed by atoms with Gasteiger partial charge in [-0.2, -0.15) is 0 Å². The number of alkyl halides is 1. The predicted octanol–water partition coefficient (Wildman–Crippen LogP) is 6.86. The van der Waals surface area contributed by atoms with Crippen molar-refractivity contribution in [2.24, 2.45) is 11.7 Å². The van der Waals surface area contributed by atoms with Gasteiger partial charge in [0.2, 0.25) is 0 Å². The smallest absolute Gasteiger partial charge is 0.0223 e. The van der Waals surface area contributed by atoms with Crippen molar-refractivity contribution in [3.05, 3.63) is 0 Å². The van der Waals surface area contributed by atoms with Gasteiger partial charge in [-0.1, -0.05) is 64.7 Å². The van der Waals surface area contributed by atoms with Crippen LogP contribution in [0.15, 0.2) is 0 Å². The van der Waals surface area contributed by atoms with Crippen LogP contribution in [0.4, 0.5) is 0 Å². The van der Waals surface area contributed by atoms with Gasteiger partial charge in [0.1, 0.15) is 0 Å². The van der Waals surface area contributed by atoms with Gasteiger partial charge in [-0.05, 0) is 39.0 Å². The summed E-state index contributed by atoms with van der Waals surface area (Å²) in [5, 5.41) is 0. The minimum Gasteiger partial charge on any atom is -0.325 e. The lowest BCUT2D eigenvalue weighted by Gasteiger charge is -2.31. The minimum atomic E-state index is -0.0343. The highest BCUT2D eigenvalue weighted by Gasteiger charge is 2.23. The van der Waals surface area contributed by atoms with E-state index in [2.05, 4.69) is 20.8 Å². The lowest BCUT2D eigenvalue weighted by molar-refractivity contribution is 0.269. The molecule has 0 bridgehead atoms. The molecule has 3 heteroatoms. The molecule has 0 aromatic carbocycles. The van der Waals surface area contributed by atoms with Gasteiger partial charge < -0.3 is 5.73 Å². The van der Waals surface area contributed by atoms with Crippen LogP contribution in [0.5, 0.6) is 0 Å². The first-order chi connectivity index (χ1) is 9.52. The van der Waals surface area contributed by atoms with Gasteiger partial charge in [-0.25, -0.2) is 0 Å². The Balaban J connectivity index is 0. The molecule has 0 aliphatic carbocycles. The van der Waals surface area contributed by atoms with Crippen molar-refractivity contribution >= 4 is 28.6 Å². The molecule has 2 N–H and O–H groups in total. The Morgan fingerprint density at radius 3 is 1.67 bits per heavy atom. The van der Waals surface area contributed by atoms with Gasteiger partial charge in [0.25, 0.3) is 0 Å². The summed E-state index contributed by atoms with van der Waals surface area (Å²) in [5.41, 5.74) is 6.29. The monoisotopic (exact) mass is 383 g/mol. The average molecular weight is 385 g/mol. The zero-order valence-corrected chi connectivity index (χ0v) is 17.1. The Hall–Kier alpha value is 0.730. The van der Waals surface area contributed by atoms with Gasteiger partial charge in [0.15, 0.2) is 0 Å². The van der Waals surface area contributed by atoms with Gasteiger partial charge in [-0.15, -0.1) is 28.6 Å². The molecule has 21 heavy (non-hydrogen) atoms. The Morgan fingerprint density at radius 1 is 0.810 bits per heavy atom. The number of hydrogen-bond acceptors (Lipinski definition) is 1. The van der Waals surface area contributed by atoms with Crippen LogP contribution >= 0.6 is 28.6 Å². The fourth-order valence-electron chi connectivity index (χ4n) is 2.90. The van der Waals surface area contributed by atoms with Gasteiger partial charge in [0.05, 0.1) is 0 Å². The van der Waals surface area contributed by atoms with Crippen molar-refractivity contribution in [3.63, 3.8) is 0 Å². The molecule has 0 rings (SSSR count). The summed E-state index contributed by atoms with van der Waals surface area (Å²) in [5.74, 6) is 1.45. The van der Waals surface area contributed by atoms with Gasteiger partial charge in [0, 0.05) is 11.4 Å². The van der Waals surface area contributed by atoms with E-state index >= 15 is 0 Å². The van der Waals surface area contributed by atoms with E-state index in [1.54, 1.807) is 0 Å². The van der Waals surface area contributed by atoms with E-state index in [0.717, 1.165) is 12.3 Å².